The molecule has 18 heavy (non-hydrogen) atoms. The molecule has 0 bridgehead atoms. The minimum atomic E-state index is -0.416. The average Bonchev–Trinajstić information content (AvgIpc) is 2.39. The lowest BCUT2D eigenvalue weighted by atomic mass is 10.2. The Hall–Kier alpha value is -1.86. The first-order valence-electron chi connectivity index (χ1n) is 5.37. The minimum absolute atomic E-state index is 0.318. The van der Waals surface area contributed by atoms with Crippen LogP contribution in [0.3, 0.4) is 0 Å². The van der Waals surface area contributed by atoms with Crippen LogP contribution in [0.25, 0.3) is 0 Å². The zero-order chi connectivity index (χ0) is 13.0. The third-order valence-corrected chi connectivity index (χ3v) is 3.30. The predicted octanol–water partition coefficient (Wildman–Crippen LogP) is 4.07. The van der Waals surface area contributed by atoms with Crippen LogP contribution in [0.15, 0.2) is 46.9 Å². The Kier molecular flexibility index (Phi) is 3.96. The van der Waals surface area contributed by atoms with Crippen molar-refractivity contribution in [3.8, 4) is 6.07 Å². The molecule has 2 aromatic rings. The number of anilines is 1. The number of nitriles is 1. The van der Waals surface area contributed by atoms with Gasteiger partial charge in [0.1, 0.15) is 5.82 Å². The maximum Gasteiger partial charge on any atom is 0.147 e. The molecule has 0 spiro atoms. The lowest BCUT2D eigenvalue weighted by Gasteiger charge is -2.09. The number of nitrogens with zero attached hydrogens (tertiary/aromatic N) is 1. The van der Waals surface area contributed by atoms with Gasteiger partial charge in [0.15, 0.2) is 0 Å². The van der Waals surface area contributed by atoms with Crippen LogP contribution in [-0.4, -0.2) is 0 Å². The van der Waals surface area contributed by atoms with E-state index in [0.717, 1.165) is 10.0 Å². The molecule has 0 unspecified atom stereocenters. The third kappa shape index (κ3) is 2.88. The van der Waals surface area contributed by atoms with E-state index < -0.39 is 5.82 Å². The first-order chi connectivity index (χ1) is 8.70. The molecular weight excluding hydrogens is 295 g/mol. The fourth-order valence-corrected chi connectivity index (χ4v) is 1.99. The van der Waals surface area contributed by atoms with Crippen molar-refractivity contribution in [2.45, 2.75) is 6.54 Å². The van der Waals surface area contributed by atoms with Crippen LogP contribution in [0.2, 0.25) is 0 Å². The lowest BCUT2D eigenvalue weighted by molar-refractivity contribution is 0.629. The number of halogens is 2. The van der Waals surface area contributed by atoms with Gasteiger partial charge < -0.3 is 5.32 Å². The molecule has 1 N–H and O–H groups in total. The topological polar surface area (TPSA) is 35.8 Å². The highest BCUT2D eigenvalue weighted by Crippen LogP contribution is 2.20. The summed E-state index contributed by atoms with van der Waals surface area (Å²) in [5.41, 5.74) is 1.75. The summed E-state index contributed by atoms with van der Waals surface area (Å²) in [6, 6.07) is 14.0. The van der Waals surface area contributed by atoms with Gasteiger partial charge in [-0.1, -0.05) is 34.1 Å². The quantitative estimate of drug-likeness (QED) is 0.927. The Labute approximate surface area is 113 Å². The van der Waals surface area contributed by atoms with Crippen molar-refractivity contribution in [2.24, 2.45) is 0 Å². The van der Waals surface area contributed by atoms with Gasteiger partial charge in [-0.25, -0.2) is 4.39 Å². The van der Waals surface area contributed by atoms with Crippen LogP contribution in [0, 0.1) is 17.1 Å². The van der Waals surface area contributed by atoms with Crippen molar-refractivity contribution in [3.05, 3.63) is 63.9 Å². The van der Waals surface area contributed by atoms with Gasteiger partial charge in [0.05, 0.1) is 17.3 Å². The van der Waals surface area contributed by atoms with E-state index in [-0.39, 0.29) is 0 Å². The molecule has 0 fully saturated rings. The van der Waals surface area contributed by atoms with E-state index in [0.29, 0.717) is 17.8 Å². The largest absolute Gasteiger partial charge is 0.379 e. The van der Waals surface area contributed by atoms with Crippen molar-refractivity contribution >= 4 is 21.6 Å². The SMILES string of the molecule is N#Cc1ccc(NCc2ccccc2Br)c(F)c1. The fourth-order valence-electron chi connectivity index (χ4n) is 1.56. The Bertz CT molecular complexity index is 605. The first kappa shape index (κ1) is 12.6. The van der Waals surface area contributed by atoms with Crippen LogP contribution in [0.4, 0.5) is 10.1 Å². The van der Waals surface area contributed by atoms with E-state index in [4.69, 9.17) is 5.26 Å². The van der Waals surface area contributed by atoms with Crippen LogP contribution >= 0.6 is 15.9 Å². The van der Waals surface area contributed by atoms with Crippen molar-refractivity contribution in [3.63, 3.8) is 0 Å². The molecular formula is C14H10BrFN2. The van der Waals surface area contributed by atoms with Crippen molar-refractivity contribution in [1.82, 2.24) is 0 Å². The maximum atomic E-state index is 13.6. The zero-order valence-electron chi connectivity index (χ0n) is 9.45. The van der Waals surface area contributed by atoms with Gasteiger partial charge in [-0.05, 0) is 29.8 Å². The van der Waals surface area contributed by atoms with Gasteiger partial charge in [-0.2, -0.15) is 5.26 Å². The normalized spacial score (nSPS) is 9.83. The molecule has 0 aliphatic heterocycles. The van der Waals surface area contributed by atoms with Gasteiger partial charge >= 0.3 is 0 Å². The summed E-state index contributed by atoms with van der Waals surface area (Å²) in [5, 5.41) is 11.7. The molecule has 0 aromatic heterocycles. The standard InChI is InChI=1S/C14H10BrFN2/c15-12-4-2-1-3-11(12)9-18-14-6-5-10(8-17)7-13(14)16/h1-7,18H,9H2. The number of nitrogens with one attached hydrogen (secondary N) is 1. The maximum absolute atomic E-state index is 13.6. The smallest absolute Gasteiger partial charge is 0.147 e. The van der Waals surface area contributed by atoms with E-state index in [1.165, 1.54) is 6.07 Å². The molecule has 2 rings (SSSR count). The van der Waals surface area contributed by atoms with Crippen LogP contribution in [-0.2, 0) is 6.54 Å². The molecule has 0 aliphatic carbocycles. The number of rotatable bonds is 3. The van der Waals surface area contributed by atoms with Crippen molar-refractivity contribution in [2.75, 3.05) is 5.32 Å². The average molecular weight is 305 g/mol. The molecule has 0 heterocycles. The number of hydrogen-bond acceptors (Lipinski definition) is 2. The van der Waals surface area contributed by atoms with E-state index in [1.807, 2.05) is 30.3 Å². The summed E-state index contributed by atoms with van der Waals surface area (Å²) in [7, 11) is 0. The molecule has 2 aromatic carbocycles. The first-order valence-corrected chi connectivity index (χ1v) is 6.17. The van der Waals surface area contributed by atoms with Gasteiger partial charge in [0, 0.05) is 11.0 Å². The second kappa shape index (κ2) is 5.65. The van der Waals surface area contributed by atoms with E-state index in [2.05, 4.69) is 21.2 Å². The molecule has 4 heteroatoms. The van der Waals surface area contributed by atoms with Crippen molar-refractivity contribution < 1.29 is 4.39 Å². The van der Waals surface area contributed by atoms with E-state index in [1.54, 1.807) is 12.1 Å². The lowest BCUT2D eigenvalue weighted by Crippen LogP contribution is -2.02. The molecule has 0 amide bonds. The summed E-state index contributed by atoms with van der Waals surface area (Å²) < 4.78 is 14.6. The molecule has 0 atom stereocenters. The highest BCUT2D eigenvalue weighted by Gasteiger charge is 2.04. The number of hydrogen-bond donors (Lipinski definition) is 1. The van der Waals surface area contributed by atoms with Crippen LogP contribution in [0.1, 0.15) is 11.1 Å². The van der Waals surface area contributed by atoms with Gasteiger partial charge in [0.25, 0.3) is 0 Å². The van der Waals surface area contributed by atoms with E-state index in [9.17, 15) is 4.39 Å². The van der Waals surface area contributed by atoms with Gasteiger partial charge in [-0.15, -0.1) is 0 Å². The zero-order valence-corrected chi connectivity index (χ0v) is 11.0. The summed E-state index contributed by atoms with van der Waals surface area (Å²) in [6.07, 6.45) is 0. The summed E-state index contributed by atoms with van der Waals surface area (Å²) >= 11 is 3.43. The van der Waals surface area contributed by atoms with E-state index >= 15 is 0 Å². The fraction of sp³-hybridized carbons (Fsp3) is 0.0714. The molecule has 0 radical (unpaired) electrons. The second-order valence-electron chi connectivity index (χ2n) is 3.75. The summed E-state index contributed by atoms with van der Waals surface area (Å²) in [5.74, 6) is -0.416. The van der Waals surface area contributed by atoms with Gasteiger partial charge in [0.2, 0.25) is 0 Å². The predicted molar refractivity (Wildman–Crippen MR) is 72.6 cm³/mol. The second-order valence-corrected chi connectivity index (χ2v) is 4.61. The third-order valence-electron chi connectivity index (χ3n) is 2.53. The highest BCUT2D eigenvalue weighted by atomic mass is 79.9. The summed E-state index contributed by atoms with van der Waals surface area (Å²) in [4.78, 5) is 0. The molecule has 0 saturated carbocycles. The Morgan fingerprint density at radius 2 is 2.00 bits per heavy atom. The van der Waals surface area contributed by atoms with Gasteiger partial charge in [-0.3, -0.25) is 0 Å². The molecule has 2 nitrogen and oxygen atoms in total. The molecule has 90 valence electrons. The Morgan fingerprint density at radius 3 is 2.67 bits per heavy atom. The number of benzene rings is 2. The van der Waals surface area contributed by atoms with Crippen LogP contribution in [0.5, 0.6) is 0 Å². The van der Waals surface area contributed by atoms with Crippen molar-refractivity contribution in [1.29, 1.82) is 5.26 Å². The highest BCUT2D eigenvalue weighted by molar-refractivity contribution is 9.10. The Balaban J connectivity index is 2.12. The monoisotopic (exact) mass is 304 g/mol. The molecule has 0 saturated heterocycles. The minimum Gasteiger partial charge on any atom is -0.379 e. The Morgan fingerprint density at radius 1 is 1.22 bits per heavy atom. The molecule has 0 aliphatic rings. The summed E-state index contributed by atoms with van der Waals surface area (Å²) in [6.45, 7) is 0.518. The van der Waals surface area contributed by atoms with Crippen LogP contribution < -0.4 is 5.32 Å².